The molecule has 1 aromatic carbocycles. The minimum atomic E-state index is 0.0693. The lowest BCUT2D eigenvalue weighted by molar-refractivity contribution is -0.121. The van der Waals surface area contributed by atoms with Gasteiger partial charge < -0.3 is 10.6 Å². The van der Waals surface area contributed by atoms with E-state index in [0.717, 1.165) is 12.8 Å². The van der Waals surface area contributed by atoms with Crippen LogP contribution in [0.3, 0.4) is 0 Å². The molecule has 0 aliphatic heterocycles. The fraction of sp³-hybridized carbons (Fsp3) is 0.588. The highest BCUT2D eigenvalue weighted by atomic mass is 16.1. The fourth-order valence-electron chi connectivity index (χ4n) is 2.09. The molecule has 0 heterocycles. The van der Waals surface area contributed by atoms with Gasteiger partial charge in [-0.15, -0.1) is 0 Å². The van der Waals surface area contributed by atoms with Crippen molar-refractivity contribution in [2.45, 2.75) is 52.6 Å². The molecule has 0 fully saturated rings. The minimum Gasteiger partial charge on any atom is -0.348 e. The number of carbonyl (C=O) groups excluding carboxylic acids is 1. The van der Waals surface area contributed by atoms with Gasteiger partial charge in [0.15, 0.2) is 0 Å². The van der Waals surface area contributed by atoms with Crippen LogP contribution < -0.4 is 10.6 Å². The molecule has 2 N–H and O–H groups in total. The van der Waals surface area contributed by atoms with Gasteiger partial charge in [0.25, 0.3) is 0 Å². The van der Waals surface area contributed by atoms with Crippen LogP contribution in [0.5, 0.6) is 0 Å². The maximum atomic E-state index is 12.1. The molecule has 0 saturated heterocycles. The second-order valence-electron chi connectivity index (χ2n) is 5.85. The zero-order valence-electron chi connectivity index (χ0n) is 13.1. The Morgan fingerprint density at radius 2 is 1.80 bits per heavy atom. The average Bonchev–Trinajstić information content (AvgIpc) is 2.44. The van der Waals surface area contributed by atoms with Crippen LogP contribution in [0.15, 0.2) is 30.3 Å². The molecule has 0 aliphatic rings. The first-order valence-corrected chi connectivity index (χ1v) is 7.60. The van der Waals surface area contributed by atoms with E-state index in [0.29, 0.717) is 18.5 Å². The van der Waals surface area contributed by atoms with Crippen LogP contribution in [-0.4, -0.2) is 18.5 Å². The largest absolute Gasteiger partial charge is 0.348 e. The lowest BCUT2D eigenvalue weighted by atomic mass is 9.97. The summed E-state index contributed by atoms with van der Waals surface area (Å²) in [6.45, 7) is 8.95. The third-order valence-corrected chi connectivity index (χ3v) is 3.47. The molecule has 112 valence electrons. The van der Waals surface area contributed by atoms with Crippen LogP contribution in [0.4, 0.5) is 0 Å². The second kappa shape index (κ2) is 8.75. The molecule has 0 bridgehead atoms. The number of hydrogen-bond acceptors (Lipinski definition) is 2. The highest BCUT2D eigenvalue weighted by Gasteiger charge is 2.16. The zero-order valence-corrected chi connectivity index (χ0v) is 13.1. The Kier molecular flexibility index (Phi) is 7.31. The van der Waals surface area contributed by atoms with Crippen molar-refractivity contribution in [3.05, 3.63) is 35.9 Å². The summed E-state index contributed by atoms with van der Waals surface area (Å²) in [5.74, 6) is 0.614. The number of hydrogen-bond donors (Lipinski definition) is 2. The predicted octanol–water partition coefficient (Wildman–Crippen LogP) is 3.28. The minimum absolute atomic E-state index is 0.0693. The van der Waals surface area contributed by atoms with Crippen molar-refractivity contribution in [2.75, 3.05) is 6.54 Å². The van der Waals surface area contributed by atoms with E-state index in [-0.39, 0.29) is 11.9 Å². The summed E-state index contributed by atoms with van der Waals surface area (Å²) in [7, 11) is 0. The molecule has 0 aliphatic carbocycles. The molecule has 1 amide bonds. The molecule has 3 nitrogen and oxygen atoms in total. The summed E-state index contributed by atoms with van der Waals surface area (Å²) < 4.78 is 0. The Morgan fingerprint density at radius 1 is 1.15 bits per heavy atom. The molecule has 0 spiro atoms. The molecule has 20 heavy (non-hydrogen) atoms. The van der Waals surface area contributed by atoms with Crippen molar-refractivity contribution in [1.82, 2.24) is 10.6 Å². The van der Waals surface area contributed by atoms with Crippen LogP contribution in [0.2, 0.25) is 0 Å². The van der Waals surface area contributed by atoms with Crippen LogP contribution in [0.1, 0.15) is 52.1 Å². The summed E-state index contributed by atoms with van der Waals surface area (Å²) in [5.41, 5.74) is 1.18. The molecule has 1 aromatic rings. The smallest absolute Gasteiger partial charge is 0.234 e. The van der Waals surface area contributed by atoms with Crippen LogP contribution >= 0.6 is 0 Å². The van der Waals surface area contributed by atoms with Gasteiger partial charge in [-0.25, -0.2) is 0 Å². The molecule has 0 saturated carbocycles. The lowest BCUT2D eigenvalue weighted by Gasteiger charge is -2.22. The Bertz CT molecular complexity index is 389. The van der Waals surface area contributed by atoms with E-state index >= 15 is 0 Å². The number of nitrogens with one attached hydrogen (secondary N) is 2. The second-order valence-corrected chi connectivity index (χ2v) is 5.85. The van der Waals surface area contributed by atoms with Crippen molar-refractivity contribution >= 4 is 5.91 Å². The van der Waals surface area contributed by atoms with E-state index in [1.807, 2.05) is 18.2 Å². The Labute approximate surface area is 123 Å². The Hall–Kier alpha value is -1.35. The van der Waals surface area contributed by atoms with Gasteiger partial charge in [0.05, 0.1) is 12.6 Å². The monoisotopic (exact) mass is 276 g/mol. The van der Waals surface area contributed by atoms with Crippen LogP contribution in [-0.2, 0) is 4.79 Å². The molecule has 0 radical (unpaired) electrons. The van der Waals surface area contributed by atoms with E-state index in [4.69, 9.17) is 0 Å². The van der Waals surface area contributed by atoms with Crippen molar-refractivity contribution < 1.29 is 4.79 Å². The Balaban J connectivity index is 2.59. The number of carbonyl (C=O) groups is 1. The van der Waals surface area contributed by atoms with Gasteiger partial charge >= 0.3 is 0 Å². The van der Waals surface area contributed by atoms with E-state index in [9.17, 15) is 4.79 Å². The maximum Gasteiger partial charge on any atom is 0.234 e. The first-order chi connectivity index (χ1) is 9.52. The molecule has 3 heteroatoms. The number of benzene rings is 1. The maximum absolute atomic E-state index is 12.1. The van der Waals surface area contributed by atoms with Gasteiger partial charge in [0.1, 0.15) is 0 Å². The van der Waals surface area contributed by atoms with E-state index in [2.05, 4.69) is 50.5 Å². The van der Waals surface area contributed by atoms with Crippen molar-refractivity contribution in [3.8, 4) is 0 Å². The van der Waals surface area contributed by atoms with Gasteiger partial charge in [-0.2, -0.15) is 0 Å². The Morgan fingerprint density at radius 3 is 2.35 bits per heavy atom. The number of amides is 1. The van der Waals surface area contributed by atoms with Crippen molar-refractivity contribution in [1.29, 1.82) is 0 Å². The SMILES string of the molecule is CCC(C)NCC(=O)NC(CC(C)C)c1ccccc1. The highest BCUT2D eigenvalue weighted by molar-refractivity contribution is 5.78. The molecule has 1 rings (SSSR count). The van der Waals surface area contributed by atoms with Gasteiger partial charge in [-0.05, 0) is 31.2 Å². The highest BCUT2D eigenvalue weighted by Crippen LogP contribution is 2.20. The van der Waals surface area contributed by atoms with E-state index in [1.165, 1.54) is 5.56 Å². The summed E-state index contributed by atoms with van der Waals surface area (Å²) in [4.78, 5) is 12.1. The first-order valence-electron chi connectivity index (χ1n) is 7.60. The summed E-state index contributed by atoms with van der Waals surface area (Å²) in [5, 5.41) is 6.37. The zero-order chi connectivity index (χ0) is 15.0. The van der Waals surface area contributed by atoms with Crippen LogP contribution in [0.25, 0.3) is 0 Å². The average molecular weight is 276 g/mol. The summed E-state index contributed by atoms with van der Waals surface area (Å²) in [6.07, 6.45) is 1.99. The standard InChI is InChI=1S/C17H28N2O/c1-5-14(4)18-12-17(20)19-16(11-13(2)3)15-9-7-6-8-10-15/h6-10,13-14,16,18H,5,11-12H2,1-4H3,(H,19,20). The molecule has 2 atom stereocenters. The molecule has 0 aromatic heterocycles. The normalized spacial score (nSPS) is 14.1. The van der Waals surface area contributed by atoms with E-state index < -0.39 is 0 Å². The summed E-state index contributed by atoms with van der Waals surface area (Å²) >= 11 is 0. The van der Waals surface area contributed by atoms with Gasteiger partial charge in [0.2, 0.25) is 5.91 Å². The topological polar surface area (TPSA) is 41.1 Å². The van der Waals surface area contributed by atoms with Crippen molar-refractivity contribution in [2.24, 2.45) is 5.92 Å². The quantitative estimate of drug-likeness (QED) is 0.765. The molecular weight excluding hydrogens is 248 g/mol. The predicted molar refractivity (Wildman–Crippen MR) is 84.5 cm³/mol. The fourth-order valence-corrected chi connectivity index (χ4v) is 2.09. The van der Waals surface area contributed by atoms with Gasteiger partial charge in [-0.1, -0.05) is 51.1 Å². The first kappa shape index (κ1) is 16.7. The third kappa shape index (κ3) is 6.20. The third-order valence-electron chi connectivity index (χ3n) is 3.47. The van der Waals surface area contributed by atoms with E-state index in [1.54, 1.807) is 0 Å². The van der Waals surface area contributed by atoms with Crippen LogP contribution in [0, 0.1) is 5.92 Å². The summed E-state index contributed by atoms with van der Waals surface area (Å²) in [6, 6.07) is 10.7. The number of rotatable bonds is 8. The molecule has 2 unspecified atom stereocenters. The van der Waals surface area contributed by atoms with Gasteiger partial charge in [0, 0.05) is 6.04 Å². The molecular formula is C17H28N2O. The van der Waals surface area contributed by atoms with Gasteiger partial charge in [-0.3, -0.25) is 4.79 Å². The lowest BCUT2D eigenvalue weighted by Crippen LogP contribution is -2.39. The van der Waals surface area contributed by atoms with Crippen molar-refractivity contribution in [3.63, 3.8) is 0 Å².